The molecule has 26 heavy (non-hydrogen) atoms. The molecular weight excluding hydrogens is 376 g/mol. The second-order valence-corrected chi connectivity index (χ2v) is 10.3. The fraction of sp³-hybridized carbons (Fsp3) is 0.467. The number of rotatable bonds is 5. The highest BCUT2D eigenvalue weighted by molar-refractivity contribution is 7.98. The van der Waals surface area contributed by atoms with E-state index in [9.17, 15) is 12.6 Å². The van der Waals surface area contributed by atoms with Crippen LogP contribution in [0.15, 0.2) is 23.1 Å². The lowest BCUT2D eigenvalue weighted by Crippen LogP contribution is -2.36. The van der Waals surface area contributed by atoms with E-state index in [0.717, 1.165) is 31.2 Å². The minimum absolute atomic E-state index is 0.0652. The molecule has 1 atom stereocenters. The molecule has 1 saturated carbocycles. The minimum atomic E-state index is -3.22. The number of sulfonamides is 1. The number of hydrogen-bond donors (Lipinski definition) is 3. The van der Waals surface area contributed by atoms with Crippen molar-refractivity contribution in [2.75, 3.05) is 6.26 Å². The van der Waals surface area contributed by atoms with Crippen LogP contribution in [0.3, 0.4) is 0 Å². The van der Waals surface area contributed by atoms with E-state index in [0.29, 0.717) is 16.3 Å². The first-order chi connectivity index (χ1) is 12.1. The highest BCUT2D eigenvalue weighted by atomic mass is 32.2. The third-order valence-corrected chi connectivity index (χ3v) is 6.39. The third-order valence-electron chi connectivity index (χ3n) is 4.55. The summed E-state index contributed by atoms with van der Waals surface area (Å²) < 4.78 is 38.0. The van der Waals surface area contributed by atoms with Crippen LogP contribution in [-0.4, -0.2) is 51.4 Å². The number of H-pyrrole nitrogens is 1. The summed E-state index contributed by atoms with van der Waals surface area (Å²) in [5.74, 6) is 4.08. The normalized spacial score (nSPS) is 23.5. The smallest absolute Gasteiger partial charge is 0.208 e. The van der Waals surface area contributed by atoms with Gasteiger partial charge in [0, 0.05) is 11.6 Å². The maximum absolute atomic E-state index is 12.5. The van der Waals surface area contributed by atoms with Gasteiger partial charge in [-0.1, -0.05) is 12.1 Å². The molecule has 0 saturated heterocycles. The Balaban J connectivity index is 1.94. The van der Waals surface area contributed by atoms with E-state index in [1.165, 1.54) is 6.26 Å². The average Bonchev–Trinajstić information content (AvgIpc) is 3.07. The standard InChI is InChI=1S/C15H22N6O3S2/c1-25(16,22)13-5-3-4-12(14(13)15-17-20-21-18-15)10-6-8-11(9-7-10)19-26(2,23)24/h3-5,10-11,19H,1,6-9H2,2H3,(H2,16,22)(H,17,18,20,21). The lowest BCUT2D eigenvalue weighted by atomic mass is 9.80. The van der Waals surface area contributed by atoms with Crippen LogP contribution in [0.1, 0.15) is 37.2 Å². The summed E-state index contributed by atoms with van der Waals surface area (Å²) in [4.78, 5) is 0.396. The molecule has 0 spiro atoms. The molecule has 0 amide bonds. The van der Waals surface area contributed by atoms with Crippen molar-refractivity contribution in [1.29, 1.82) is 0 Å². The maximum Gasteiger partial charge on any atom is 0.208 e. The SMILES string of the molecule is C=S(N)(=O)c1cccc(C2CCC(NS(C)(=O)=O)CC2)c1-c1nn[nH]n1. The zero-order valence-corrected chi connectivity index (χ0v) is 16.0. The molecule has 9 nitrogen and oxygen atoms in total. The summed E-state index contributed by atoms with van der Waals surface area (Å²) in [6.07, 6.45) is 4.17. The van der Waals surface area contributed by atoms with Crippen LogP contribution in [0, 0.1) is 0 Å². The van der Waals surface area contributed by atoms with Gasteiger partial charge >= 0.3 is 0 Å². The van der Waals surface area contributed by atoms with Crippen molar-refractivity contribution in [3.05, 3.63) is 23.8 Å². The van der Waals surface area contributed by atoms with Gasteiger partial charge in [0.15, 0.2) is 0 Å². The quantitative estimate of drug-likeness (QED) is 0.622. The van der Waals surface area contributed by atoms with Gasteiger partial charge in [-0.05, 0) is 54.3 Å². The number of hydrogen-bond acceptors (Lipinski definition) is 6. The second kappa shape index (κ2) is 7.06. The number of tetrazole rings is 1. The van der Waals surface area contributed by atoms with Crippen molar-refractivity contribution in [3.8, 4) is 11.4 Å². The molecule has 11 heteroatoms. The molecule has 1 heterocycles. The molecule has 1 aliphatic carbocycles. The Kier molecular flexibility index (Phi) is 5.15. The van der Waals surface area contributed by atoms with Crippen molar-refractivity contribution >= 4 is 25.6 Å². The molecule has 1 aromatic heterocycles. The summed E-state index contributed by atoms with van der Waals surface area (Å²) in [7, 11) is -6.19. The number of nitrogens with zero attached hydrogens (tertiary/aromatic N) is 3. The Morgan fingerprint density at radius 1 is 1.23 bits per heavy atom. The Morgan fingerprint density at radius 3 is 2.46 bits per heavy atom. The van der Waals surface area contributed by atoms with Crippen molar-refractivity contribution < 1.29 is 12.6 Å². The topological polar surface area (TPSA) is 144 Å². The van der Waals surface area contributed by atoms with Gasteiger partial charge in [0.05, 0.1) is 20.9 Å². The molecule has 1 unspecified atom stereocenters. The Bertz CT molecular complexity index is 978. The third kappa shape index (κ3) is 4.29. The van der Waals surface area contributed by atoms with Crippen LogP contribution in [-0.2, 0) is 19.7 Å². The van der Waals surface area contributed by atoms with E-state index in [-0.39, 0.29) is 12.0 Å². The van der Waals surface area contributed by atoms with Crippen LogP contribution >= 0.6 is 0 Å². The van der Waals surface area contributed by atoms with Gasteiger partial charge in [0.25, 0.3) is 0 Å². The Labute approximate surface area is 153 Å². The van der Waals surface area contributed by atoms with E-state index in [2.05, 4.69) is 31.2 Å². The predicted molar refractivity (Wildman–Crippen MR) is 100 cm³/mol. The number of benzene rings is 1. The van der Waals surface area contributed by atoms with Gasteiger partial charge in [0.2, 0.25) is 15.8 Å². The molecule has 0 aliphatic heterocycles. The van der Waals surface area contributed by atoms with Crippen LogP contribution in [0.25, 0.3) is 11.4 Å². The molecule has 3 rings (SSSR count). The molecule has 1 fully saturated rings. The van der Waals surface area contributed by atoms with Gasteiger partial charge < -0.3 is 0 Å². The molecule has 1 aromatic carbocycles. The van der Waals surface area contributed by atoms with Gasteiger partial charge in [-0.3, -0.25) is 5.14 Å². The van der Waals surface area contributed by atoms with Gasteiger partial charge in [0.1, 0.15) is 0 Å². The van der Waals surface area contributed by atoms with Crippen molar-refractivity contribution in [2.24, 2.45) is 5.14 Å². The van der Waals surface area contributed by atoms with E-state index in [1.807, 2.05) is 6.07 Å². The van der Waals surface area contributed by atoms with Crippen molar-refractivity contribution in [3.63, 3.8) is 0 Å². The number of aromatic nitrogens is 4. The maximum atomic E-state index is 12.5. The molecule has 0 bridgehead atoms. The molecule has 4 N–H and O–H groups in total. The predicted octanol–water partition coefficient (Wildman–Crippen LogP) is 0.391. The molecule has 2 aromatic rings. The van der Waals surface area contributed by atoms with Gasteiger partial charge in [-0.2, -0.15) is 5.21 Å². The first-order valence-electron chi connectivity index (χ1n) is 8.14. The van der Waals surface area contributed by atoms with Crippen LogP contribution < -0.4 is 9.86 Å². The van der Waals surface area contributed by atoms with E-state index in [1.54, 1.807) is 12.1 Å². The summed E-state index contributed by atoms with van der Waals surface area (Å²) in [6, 6.07) is 5.34. The number of aromatic amines is 1. The molecule has 0 radical (unpaired) electrons. The highest BCUT2D eigenvalue weighted by Crippen LogP contribution is 2.39. The minimum Gasteiger partial charge on any atom is -0.256 e. The van der Waals surface area contributed by atoms with Crippen LogP contribution in [0.2, 0.25) is 0 Å². The number of nitrogens with two attached hydrogens (primary N) is 1. The Morgan fingerprint density at radius 2 is 1.92 bits per heavy atom. The fourth-order valence-corrected chi connectivity index (χ4v) is 5.21. The average molecular weight is 399 g/mol. The summed E-state index contributed by atoms with van der Waals surface area (Å²) in [5.41, 5.74) is 1.53. The van der Waals surface area contributed by atoms with Crippen LogP contribution in [0.5, 0.6) is 0 Å². The summed E-state index contributed by atoms with van der Waals surface area (Å²) in [6.45, 7) is 0. The van der Waals surface area contributed by atoms with E-state index >= 15 is 0 Å². The molecular formula is C15H22N6O3S2. The van der Waals surface area contributed by atoms with Gasteiger partial charge in [-0.15, -0.1) is 10.2 Å². The second-order valence-electron chi connectivity index (χ2n) is 6.62. The van der Waals surface area contributed by atoms with Crippen molar-refractivity contribution in [1.82, 2.24) is 25.3 Å². The van der Waals surface area contributed by atoms with E-state index in [4.69, 9.17) is 5.14 Å². The first kappa shape index (κ1) is 19.0. The highest BCUT2D eigenvalue weighted by Gasteiger charge is 2.28. The first-order valence-corrected chi connectivity index (χ1v) is 11.8. The van der Waals surface area contributed by atoms with Crippen molar-refractivity contribution in [2.45, 2.75) is 42.5 Å². The fourth-order valence-electron chi connectivity index (χ4n) is 3.51. The monoisotopic (exact) mass is 398 g/mol. The number of nitrogens with one attached hydrogen (secondary N) is 2. The van der Waals surface area contributed by atoms with Gasteiger partial charge in [-0.25, -0.2) is 17.3 Å². The zero-order chi connectivity index (χ0) is 18.9. The molecule has 142 valence electrons. The van der Waals surface area contributed by atoms with E-state index < -0.39 is 19.7 Å². The largest absolute Gasteiger partial charge is 0.256 e. The zero-order valence-electron chi connectivity index (χ0n) is 14.4. The lowest BCUT2D eigenvalue weighted by Gasteiger charge is -2.30. The summed E-state index contributed by atoms with van der Waals surface area (Å²) in [5, 5.41) is 19.9. The van der Waals surface area contributed by atoms with Crippen LogP contribution in [0.4, 0.5) is 0 Å². The molecule has 1 aliphatic rings. The Hall–Kier alpha value is -1.82. The summed E-state index contributed by atoms with van der Waals surface area (Å²) >= 11 is 0. The lowest BCUT2D eigenvalue weighted by molar-refractivity contribution is 0.374.